The van der Waals surface area contributed by atoms with Gasteiger partial charge >= 0.3 is 6.09 Å². The summed E-state index contributed by atoms with van der Waals surface area (Å²) in [5.74, 6) is 0. The van der Waals surface area contributed by atoms with Gasteiger partial charge < -0.3 is 14.7 Å². The van der Waals surface area contributed by atoms with Crippen LogP contribution in [-0.2, 0) is 4.74 Å². The van der Waals surface area contributed by atoms with Gasteiger partial charge in [-0.25, -0.2) is 4.79 Å². The molecule has 1 N–H and O–H groups in total. The van der Waals surface area contributed by atoms with E-state index in [1.807, 2.05) is 0 Å². The highest BCUT2D eigenvalue weighted by Crippen LogP contribution is 2.09. The average molecular weight is 187 g/mol. The lowest BCUT2D eigenvalue weighted by Crippen LogP contribution is -2.36. The Hall–Kier alpha value is -0.770. The molecule has 0 radical (unpaired) electrons. The summed E-state index contributed by atoms with van der Waals surface area (Å²) >= 11 is 0. The Morgan fingerprint density at radius 1 is 1.31 bits per heavy atom. The smallest absolute Gasteiger partial charge is 0.409 e. The number of aliphatic hydroxyl groups is 1. The van der Waals surface area contributed by atoms with Gasteiger partial charge in [-0.3, -0.25) is 0 Å². The highest BCUT2D eigenvalue weighted by molar-refractivity contribution is 5.67. The van der Waals surface area contributed by atoms with Crippen molar-refractivity contribution < 1.29 is 14.6 Å². The fraction of sp³-hybridized carbons (Fsp3) is 0.889. The number of carbonyl (C=O) groups excluding carboxylic acids is 1. The molecule has 1 saturated heterocycles. The third kappa shape index (κ3) is 3.63. The number of rotatable bonds is 3. The largest absolute Gasteiger partial charge is 0.449 e. The van der Waals surface area contributed by atoms with Crippen molar-refractivity contribution in [3.8, 4) is 0 Å². The number of piperidine rings is 1. The molecule has 0 atom stereocenters. The SMILES string of the molecule is O=C(OCCCO)N1CCCCC1. The molecule has 0 unspecified atom stereocenters. The number of carbonyl (C=O) groups is 1. The molecule has 1 heterocycles. The van der Waals surface area contributed by atoms with E-state index >= 15 is 0 Å². The summed E-state index contributed by atoms with van der Waals surface area (Å²) in [6.45, 7) is 2.04. The van der Waals surface area contributed by atoms with Gasteiger partial charge in [-0.05, 0) is 19.3 Å². The lowest BCUT2D eigenvalue weighted by molar-refractivity contribution is 0.0893. The molecule has 1 fully saturated rings. The predicted molar refractivity (Wildman–Crippen MR) is 48.5 cm³/mol. The topological polar surface area (TPSA) is 49.8 Å². The minimum atomic E-state index is -0.229. The molecule has 4 heteroatoms. The molecule has 0 aromatic carbocycles. The van der Waals surface area contributed by atoms with Gasteiger partial charge in [0.15, 0.2) is 0 Å². The molecule has 0 aromatic rings. The summed E-state index contributed by atoms with van der Waals surface area (Å²) in [5, 5.41) is 8.48. The van der Waals surface area contributed by atoms with Crippen molar-refractivity contribution in [2.45, 2.75) is 25.7 Å². The molecule has 76 valence electrons. The molecule has 0 bridgehead atoms. The van der Waals surface area contributed by atoms with Crippen LogP contribution in [0, 0.1) is 0 Å². The van der Waals surface area contributed by atoms with Crippen molar-refractivity contribution in [1.82, 2.24) is 4.90 Å². The van der Waals surface area contributed by atoms with E-state index in [2.05, 4.69) is 0 Å². The van der Waals surface area contributed by atoms with Crippen molar-refractivity contribution in [1.29, 1.82) is 0 Å². The maximum Gasteiger partial charge on any atom is 0.409 e. The van der Waals surface area contributed by atoms with E-state index in [9.17, 15) is 4.79 Å². The predicted octanol–water partition coefficient (Wildman–Crippen LogP) is 0.991. The van der Waals surface area contributed by atoms with Gasteiger partial charge in [0.05, 0.1) is 6.61 Å². The van der Waals surface area contributed by atoms with E-state index in [0.29, 0.717) is 13.0 Å². The zero-order valence-corrected chi connectivity index (χ0v) is 7.87. The minimum absolute atomic E-state index is 0.0767. The van der Waals surface area contributed by atoms with E-state index < -0.39 is 0 Å². The Balaban J connectivity index is 2.13. The fourth-order valence-corrected chi connectivity index (χ4v) is 1.39. The van der Waals surface area contributed by atoms with Crippen LogP contribution in [0.15, 0.2) is 0 Å². The van der Waals surface area contributed by atoms with Crippen LogP contribution in [0.2, 0.25) is 0 Å². The molecule has 13 heavy (non-hydrogen) atoms. The number of likely N-dealkylation sites (tertiary alicyclic amines) is 1. The number of nitrogens with zero attached hydrogens (tertiary/aromatic N) is 1. The lowest BCUT2D eigenvalue weighted by atomic mass is 10.1. The van der Waals surface area contributed by atoms with Crippen molar-refractivity contribution >= 4 is 6.09 Å². The molecule has 4 nitrogen and oxygen atoms in total. The Labute approximate surface area is 78.5 Å². The van der Waals surface area contributed by atoms with Gasteiger partial charge in [0.25, 0.3) is 0 Å². The molecular weight excluding hydrogens is 170 g/mol. The van der Waals surface area contributed by atoms with Crippen LogP contribution in [0.3, 0.4) is 0 Å². The van der Waals surface area contributed by atoms with Crippen molar-refractivity contribution in [2.75, 3.05) is 26.3 Å². The summed E-state index contributed by atoms with van der Waals surface area (Å²) < 4.78 is 4.95. The van der Waals surface area contributed by atoms with E-state index in [-0.39, 0.29) is 12.7 Å². The lowest BCUT2D eigenvalue weighted by Gasteiger charge is -2.25. The third-order valence-electron chi connectivity index (χ3n) is 2.14. The highest BCUT2D eigenvalue weighted by atomic mass is 16.6. The van der Waals surface area contributed by atoms with Gasteiger partial charge in [0, 0.05) is 26.1 Å². The molecule has 0 aromatic heterocycles. The summed E-state index contributed by atoms with van der Waals surface area (Å²) in [7, 11) is 0. The van der Waals surface area contributed by atoms with E-state index in [1.165, 1.54) is 6.42 Å². The van der Waals surface area contributed by atoms with Crippen LogP contribution in [0.25, 0.3) is 0 Å². The van der Waals surface area contributed by atoms with Crippen LogP contribution in [0.4, 0.5) is 4.79 Å². The second-order valence-electron chi connectivity index (χ2n) is 3.24. The first-order chi connectivity index (χ1) is 6.34. The normalized spacial score (nSPS) is 17.2. The zero-order valence-electron chi connectivity index (χ0n) is 7.87. The van der Waals surface area contributed by atoms with Crippen LogP contribution >= 0.6 is 0 Å². The van der Waals surface area contributed by atoms with Crippen LogP contribution in [0.1, 0.15) is 25.7 Å². The third-order valence-corrected chi connectivity index (χ3v) is 2.14. The highest BCUT2D eigenvalue weighted by Gasteiger charge is 2.16. The number of ether oxygens (including phenoxy) is 1. The van der Waals surface area contributed by atoms with Crippen LogP contribution in [-0.4, -0.2) is 42.4 Å². The summed E-state index contributed by atoms with van der Waals surface area (Å²) in [4.78, 5) is 13.0. The number of aliphatic hydroxyl groups excluding tert-OH is 1. The molecule has 0 spiro atoms. The van der Waals surface area contributed by atoms with Gasteiger partial charge in [-0.2, -0.15) is 0 Å². The van der Waals surface area contributed by atoms with Crippen LogP contribution < -0.4 is 0 Å². The van der Waals surface area contributed by atoms with Crippen molar-refractivity contribution in [2.24, 2.45) is 0 Å². The molecule has 0 saturated carbocycles. The molecule has 1 rings (SSSR count). The fourth-order valence-electron chi connectivity index (χ4n) is 1.39. The standard InChI is InChI=1S/C9H17NO3/c11-7-4-8-13-9(12)10-5-2-1-3-6-10/h11H,1-8H2. The summed E-state index contributed by atoms with van der Waals surface area (Å²) in [6, 6.07) is 0. The quantitative estimate of drug-likeness (QED) is 0.670. The molecular formula is C9H17NO3. The van der Waals surface area contributed by atoms with E-state index in [1.54, 1.807) is 4.90 Å². The van der Waals surface area contributed by atoms with E-state index in [0.717, 1.165) is 25.9 Å². The zero-order chi connectivity index (χ0) is 9.52. The Kier molecular flexibility index (Phi) is 4.60. The first-order valence-corrected chi connectivity index (χ1v) is 4.87. The first-order valence-electron chi connectivity index (χ1n) is 4.87. The second kappa shape index (κ2) is 5.80. The Bertz CT molecular complexity index is 155. The molecule has 1 amide bonds. The maximum absolute atomic E-state index is 11.3. The minimum Gasteiger partial charge on any atom is -0.449 e. The van der Waals surface area contributed by atoms with Crippen LogP contribution in [0.5, 0.6) is 0 Å². The van der Waals surface area contributed by atoms with Crippen molar-refractivity contribution in [3.05, 3.63) is 0 Å². The summed E-state index contributed by atoms with van der Waals surface area (Å²) in [5.41, 5.74) is 0. The molecule has 0 aliphatic carbocycles. The van der Waals surface area contributed by atoms with E-state index in [4.69, 9.17) is 9.84 Å². The first kappa shape index (κ1) is 10.3. The van der Waals surface area contributed by atoms with Gasteiger partial charge in [-0.15, -0.1) is 0 Å². The summed E-state index contributed by atoms with van der Waals surface area (Å²) in [6.07, 6.45) is 3.66. The van der Waals surface area contributed by atoms with Crippen molar-refractivity contribution in [3.63, 3.8) is 0 Å². The monoisotopic (exact) mass is 187 g/mol. The van der Waals surface area contributed by atoms with Gasteiger partial charge in [-0.1, -0.05) is 0 Å². The number of hydrogen-bond donors (Lipinski definition) is 1. The number of hydrogen-bond acceptors (Lipinski definition) is 3. The number of amides is 1. The molecule has 1 aliphatic rings. The molecule has 1 aliphatic heterocycles. The van der Waals surface area contributed by atoms with Gasteiger partial charge in [0.2, 0.25) is 0 Å². The maximum atomic E-state index is 11.3. The second-order valence-corrected chi connectivity index (χ2v) is 3.24. The average Bonchev–Trinajstić information content (AvgIpc) is 2.19. The van der Waals surface area contributed by atoms with Gasteiger partial charge in [0.1, 0.15) is 0 Å². The Morgan fingerprint density at radius 2 is 2.00 bits per heavy atom. The Morgan fingerprint density at radius 3 is 2.62 bits per heavy atom.